The van der Waals surface area contributed by atoms with Gasteiger partial charge in [-0.15, -0.1) is 0 Å². The molecule has 2 aromatic rings. The third-order valence-electron chi connectivity index (χ3n) is 4.81. The highest BCUT2D eigenvalue weighted by Gasteiger charge is 2.21. The third-order valence-corrected chi connectivity index (χ3v) is 4.81. The predicted molar refractivity (Wildman–Crippen MR) is 101 cm³/mol. The summed E-state index contributed by atoms with van der Waals surface area (Å²) >= 11 is 0. The van der Waals surface area contributed by atoms with Crippen LogP contribution in [-0.4, -0.2) is 59.3 Å². The molecular formula is C18H25N7O. The summed E-state index contributed by atoms with van der Waals surface area (Å²) in [7, 11) is 0. The summed E-state index contributed by atoms with van der Waals surface area (Å²) in [5.74, 6) is 2.01. The Morgan fingerprint density at radius 1 is 0.846 bits per heavy atom. The van der Waals surface area contributed by atoms with Gasteiger partial charge in [0.15, 0.2) is 5.82 Å². The molecule has 0 atom stereocenters. The van der Waals surface area contributed by atoms with Crippen molar-refractivity contribution in [1.29, 1.82) is 0 Å². The number of nitrogens with two attached hydrogens (primary N) is 1. The van der Waals surface area contributed by atoms with Gasteiger partial charge in [0.2, 0.25) is 11.9 Å². The van der Waals surface area contributed by atoms with Gasteiger partial charge in [-0.05, 0) is 25.0 Å². The Labute approximate surface area is 153 Å². The maximum atomic E-state index is 5.93. The highest BCUT2D eigenvalue weighted by atomic mass is 16.5. The lowest BCUT2D eigenvalue weighted by Crippen LogP contribution is -2.38. The Bertz CT molecular complexity index is 740. The molecule has 2 fully saturated rings. The van der Waals surface area contributed by atoms with Crippen LogP contribution in [0.25, 0.3) is 11.5 Å². The summed E-state index contributed by atoms with van der Waals surface area (Å²) in [6.07, 6.45) is 6.56. The minimum absolute atomic E-state index is 0.577. The second-order valence-corrected chi connectivity index (χ2v) is 6.73. The van der Waals surface area contributed by atoms with Crippen LogP contribution in [0, 0.1) is 0 Å². The number of nitrogens with zero attached hydrogens (tertiary/aromatic N) is 6. The Balaban J connectivity index is 1.73. The van der Waals surface area contributed by atoms with E-state index in [1.165, 1.54) is 25.7 Å². The van der Waals surface area contributed by atoms with Crippen LogP contribution in [0.1, 0.15) is 25.7 Å². The monoisotopic (exact) mass is 355 g/mol. The number of nitrogen functional groups attached to an aromatic ring is 1. The maximum Gasteiger partial charge on any atom is 0.230 e. The zero-order valence-electron chi connectivity index (χ0n) is 15.0. The van der Waals surface area contributed by atoms with E-state index < -0.39 is 0 Å². The molecule has 0 radical (unpaired) electrons. The van der Waals surface area contributed by atoms with Crippen molar-refractivity contribution in [3.05, 3.63) is 18.3 Å². The van der Waals surface area contributed by atoms with Gasteiger partial charge in [0.1, 0.15) is 5.69 Å². The van der Waals surface area contributed by atoms with Gasteiger partial charge in [-0.1, -0.05) is 12.8 Å². The first kappa shape index (κ1) is 17.0. The lowest BCUT2D eigenvalue weighted by Gasteiger charge is -2.28. The summed E-state index contributed by atoms with van der Waals surface area (Å²) in [5.41, 5.74) is 7.26. The van der Waals surface area contributed by atoms with Gasteiger partial charge < -0.3 is 20.3 Å². The molecule has 8 heteroatoms. The van der Waals surface area contributed by atoms with Gasteiger partial charge >= 0.3 is 0 Å². The normalized spacial score (nSPS) is 18.6. The largest absolute Gasteiger partial charge is 0.399 e. The number of hydrogen-bond donors (Lipinski definition) is 1. The number of anilines is 3. The lowest BCUT2D eigenvalue weighted by molar-refractivity contribution is 0.122. The Kier molecular flexibility index (Phi) is 5.10. The molecule has 0 saturated carbocycles. The Hall–Kier alpha value is -2.48. The first-order valence-electron chi connectivity index (χ1n) is 9.35. The summed E-state index contributed by atoms with van der Waals surface area (Å²) in [5, 5.41) is 0. The smallest absolute Gasteiger partial charge is 0.230 e. The van der Waals surface area contributed by atoms with Crippen molar-refractivity contribution in [2.24, 2.45) is 0 Å². The maximum absolute atomic E-state index is 5.93. The van der Waals surface area contributed by atoms with Crippen molar-refractivity contribution >= 4 is 17.6 Å². The number of hydrogen-bond acceptors (Lipinski definition) is 8. The number of pyridine rings is 1. The van der Waals surface area contributed by atoms with Crippen LogP contribution in [-0.2, 0) is 4.74 Å². The molecule has 0 amide bonds. The van der Waals surface area contributed by atoms with Crippen molar-refractivity contribution in [2.75, 3.05) is 54.9 Å². The molecule has 4 heterocycles. The molecule has 2 aliphatic heterocycles. The van der Waals surface area contributed by atoms with E-state index in [4.69, 9.17) is 25.4 Å². The van der Waals surface area contributed by atoms with Crippen molar-refractivity contribution in [3.63, 3.8) is 0 Å². The minimum atomic E-state index is 0.577. The summed E-state index contributed by atoms with van der Waals surface area (Å²) in [6, 6.07) is 3.58. The van der Waals surface area contributed by atoms with Gasteiger partial charge in [0, 0.05) is 38.1 Å². The number of rotatable bonds is 3. The van der Waals surface area contributed by atoms with E-state index >= 15 is 0 Å². The first-order chi connectivity index (χ1) is 12.8. The van der Waals surface area contributed by atoms with Crippen LogP contribution in [0.3, 0.4) is 0 Å². The molecule has 0 aliphatic carbocycles. The highest BCUT2D eigenvalue weighted by Crippen LogP contribution is 2.23. The van der Waals surface area contributed by atoms with Gasteiger partial charge in [-0.25, -0.2) is 0 Å². The van der Waals surface area contributed by atoms with E-state index in [-0.39, 0.29) is 0 Å². The lowest BCUT2D eigenvalue weighted by atomic mass is 10.2. The molecule has 2 aliphatic rings. The number of aromatic nitrogens is 4. The highest BCUT2D eigenvalue weighted by molar-refractivity contribution is 5.59. The number of ether oxygens (including phenoxy) is 1. The molecular weight excluding hydrogens is 330 g/mol. The molecule has 0 bridgehead atoms. The van der Waals surface area contributed by atoms with E-state index in [1.54, 1.807) is 12.3 Å². The minimum Gasteiger partial charge on any atom is -0.399 e. The topological polar surface area (TPSA) is 93.3 Å². The number of morpholine rings is 1. The van der Waals surface area contributed by atoms with Gasteiger partial charge in [-0.2, -0.15) is 15.0 Å². The zero-order chi connectivity index (χ0) is 17.8. The molecule has 2 saturated heterocycles. The summed E-state index contributed by atoms with van der Waals surface area (Å²) in [6.45, 7) is 4.92. The van der Waals surface area contributed by atoms with Gasteiger partial charge in [0.05, 0.1) is 13.2 Å². The van der Waals surface area contributed by atoms with Crippen LogP contribution in [0.5, 0.6) is 0 Å². The fourth-order valence-electron chi connectivity index (χ4n) is 3.35. The molecule has 2 N–H and O–H groups in total. The van der Waals surface area contributed by atoms with E-state index in [2.05, 4.69) is 14.8 Å². The molecule has 4 rings (SSSR count). The molecule has 26 heavy (non-hydrogen) atoms. The van der Waals surface area contributed by atoms with Crippen molar-refractivity contribution in [1.82, 2.24) is 19.9 Å². The molecule has 0 spiro atoms. The van der Waals surface area contributed by atoms with E-state index in [0.717, 1.165) is 32.1 Å². The Morgan fingerprint density at radius 3 is 2.15 bits per heavy atom. The third kappa shape index (κ3) is 3.85. The second kappa shape index (κ2) is 7.82. The Morgan fingerprint density at radius 2 is 1.50 bits per heavy atom. The summed E-state index contributed by atoms with van der Waals surface area (Å²) < 4.78 is 5.46. The average molecular weight is 355 g/mol. The van der Waals surface area contributed by atoms with Crippen LogP contribution >= 0.6 is 0 Å². The van der Waals surface area contributed by atoms with Crippen molar-refractivity contribution in [2.45, 2.75) is 25.7 Å². The molecule has 138 valence electrons. The predicted octanol–water partition coefficient (Wildman–Crippen LogP) is 1.73. The fourth-order valence-corrected chi connectivity index (χ4v) is 3.35. The van der Waals surface area contributed by atoms with E-state index in [9.17, 15) is 0 Å². The van der Waals surface area contributed by atoms with Crippen LogP contribution in [0.2, 0.25) is 0 Å². The van der Waals surface area contributed by atoms with Crippen LogP contribution in [0.15, 0.2) is 18.3 Å². The summed E-state index contributed by atoms with van der Waals surface area (Å²) in [4.78, 5) is 23.0. The van der Waals surface area contributed by atoms with Crippen LogP contribution in [0.4, 0.5) is 17.6 Å². The van der Waals surface area contributed by atoms with E-state index in [0.29, 0.717) is 36.4 Å². The standard InChI is InChI=1S/C18H25N7O/c19-14-5-6-20-15(13-14)16-21-17(24-7-3-1-2-4-8-24)23-18(22-16)25-9-11-26-12-10-25/h5-6,13H,1-4,7-12H2,(H2,19,20). The van der Waals surface area contributed by atoms with Crippen molar-refractivity contribution < 1.29 is 4.74 Å². The van der Waals surface area contributed by atoms with Gasteiger partial charge in [-0.3, -0.25) is 4.98 Å². The van der Waals surface area contributed by atoms with Crippen LogP contribution < -0.4 is 15.5 Å². The second-order valence-electron chi connectivity index (χ2n) is 6.73. The molecule has 0 aromatic carbocycles. The zero-order valence-corrected chi connectivity index (χ0v) is 15.0. The molecule has 0 unspecified atom stereocenters. The average Bonchev–Trinajstić information content (AvgIpc) is 2.98. The first-order valence-corrected chi connectivity index (χ1v) is 9.35. The quantitative estimate of drug-likeness (QED) is 0.890. The molecule has 2 aromatic heterocycles. The van der Waals surface area contributed by atoms with Gasteiger partial charge in [0.25, 0.3) is 0 Å². The fraction of sp³-hybridized carbons (Fsp3) is 0.556. The van der Waals surface area contributed by atoms with E-state index in [1.807, 2.05) is 6.07 Å². The molecule has 8 nitrogen and oxygen atoms in total. The van der Waals surface area contributed by atoms with Crippen molar-refractivity contribution in [3.8, 4) is 11.5 Å². The SMILES string of the molecule is Nc1ccnc(-c2nc(N3CCCCCC3)nc(N3CCOCC3)n2)c1.